The Morgan fingerprint density at radius 2 is 1.97 bits per heavy atom. The smallest absolute Gasteiger partial charge is 0.238 e. The van der Waals surface area contributed by atoms with E-state index in [0.29, 0.717) is 28.8 Å². The van der Waals surface area contributed by atoms with Crippen molar-refractivity contribution in [1.29, 1.82) is 0 Å². The molecule has 1 saturated heterocycles. The monoisotopic (exact) mass is 469 g/mol. The first kappa shape index (κ1) is 22.0. The number of nitrogens with one attached hydrogen (secondary N) is 1. The third-order valence-corrected chi connectivity index (χ3v) is 6.79. The average molecular weight is 470 g/mol. The molecule has 0 spiro atoms. The van der Waals surface area contributed by atoms with E-state index in [1.807, 2.05) is 23.6 Å². The molecule has 6 nitrogen and oxygen atoms in total. The zero-order chi connectivity index (χ0) is 22.5. The zero-order valence-electron chi connectivity index (χ0n) is 17.2. The van der Waals surface area contributed by atoms with E-state index in [9.17, 15) is 14.0 Å². The van der Waals surface area contributed by atoms with Gasteiger partial charge in [-0.05, 0) is 47.8 Å². The highest BCUT2D eigenvalue weighted by Crippen LogP contribution is 2.32. The van der Waals surface area contributed by atoms with Crippen LogP contribution in [0.4, 0.5) is 15.8 Å². The molecule has 1 aliphatic heterocycles. The van der Waals surface area contributed by atoms with Crippen molar-refractivity contribution in [3.8, 4) is 5.75 Å². The molecule has 3 aromatic rings. The number of benzene rings is 2. The number of carbonyl (C=O) groups excluding carboxylic acids is 2. The van der Waals surface area contributed by atoms with Crippen LogP contribution in [0.2, 0.25) is 0 Å². The summed E-state index contributed by atoms with van der Waals surface area (Å²) in [6.45, 7) is 0.365. The van der Waals surface area contributed by atoms with Crippen LogP contribution in [0.1, 0.15) is 11.3 Å². The van der Waals surface area contributed by atoms with E-state index in [1.165, 1.54) is 43.1 Å². The van der Waals surface area contributed by atoms with Gasteiger partial charge in [0.2, 0.25) is 11.8 Å². The maximum absolute atomic E-state index is 13.3. The van der Waals surface area contributed by atoms with Crippen molar-refractivity contribution in [2.24, 2.45) is 4.99 Å². The largest absolute Gasteiger partial charge is 0.495 e. The lowest BCUT2D eigenvalue weighted by atomic mass is 10.2. The van der Waals surface area contributed by atoms with Gasteiger partial charge in [0.1, 0.15) is 16.8 Å². The molecule has 2 aromatic carbocycles. The van der Waals surface area contributed by atoms with E-state index >= 15 is 0 Å². The number of thiophene rings is 1. The molecule has 9 heteroatoms. The van der Waals surface area contributed by atoms with Crippen LogP contribution < -0.4 is 10.1 Å². The summed E-state index contributed by atoms with van der Waals surface area (Å²) in [6.07, 6.45) is 0.0411. The SMILES string of the molecule is COc1ccccc1NC(=O)[C@H]1CC(=O)N(Cc2cccs2)C(=Nc2ccc(F)cc2)S1. The number of amidine groups is 1. The standard InChI is InChI=1S/C23H20FN3O3S2/c1-30-19-7-3-2-6-18(19)26-22(29)20-13-21(28)27(14-17-5-4-12-31-17)23(32-20)25-16-10-8-15(24)9-11-16/h2-12,20H,13-14H2,1H3,(H,26,29)/t20-/m1/s1. The minimum atomic E-state index is -0.661. The topological polar surface area (TPSA) is 71.0 Å². The third kappa shape index (κ3) is 5.17. The maximum atomic E-state index is 13.3. The molecular weight excluding hydrogens is 449 g/mol. The predicted molar refractivity (Wildman–Crippen MR) is 126 cm³/mol. The van der Waals surface area contributed by atoms with Crippen LogP contribution in [0, 0.1) is 5.82 Å². The fourth-order valence-electron chi connectivity index (χ4n) is 3.14. The van der Waals surface area contributed by atoms with Crippen molar-refractivity contribution >= 4 is 51.5 Å². The second kappa shape index (κ2) is 9.97. The zero-order valence-corrected chi connectivity index (χ0v) is 18.8. The first-order valence-electron chi connectivity index (χ1n) is 9.81. The highest BCUT2D eigenvalue weighted by atomic mass is 32.2. The Kier molecular flexibility index (Phi) is 6.87. The van der Waals surface area contributed by atoms with Crippen molar-refractivity contribution in [2.75, 3.05) is 12.4 Å². The molecule has 1 aliphatic rings. The quantitative estimate of drug-likeness (QED) is 0.548. The lowest BCUT2D eigenvalue weighted by Crippen LogP contribution is -2.44. The Hall–Kier alpha value is -3.17. The summed E-state index contributed by atoms with van der Waals surface area (Å²) in [5.74, 6) is -0.341. The first-order valence-corrected chi connectivity index (χ1v) is 11.6. The highest BCUT2D eigenvalue weighted by molar-refractivity contribution is 8.15. The van der Waals surface area contributed by atoms with Crippen molar-refractivity contribution in [3.05, 3.63) is 76.7 Å². The lowest BCUT2D eigenvalue weighted by molar-refractivity contribution is -0.129. The molecule has 164 valence electrons. The van der Waals surface area contributed by atoms with Crippen molar-refractivity contribution in [2.45, 2.75) is 18.2 Å². The molecule has 2 heterocycles. The number of para-hydroxylation sites is 2. The van der Waals surface area contributed by atoms with Crippen molar-refractivity contribution in [3.63, 3.8) is 0 Å². The van der Waals surface area contributed by atoms with Crippen LogP contribution in [-0.2, 0) is 16.1 Å². The summed E-state index contributed by atoms with van der Waals surface area (Å²) in [5, 5.41) is 4.53. The van der Waals surface area contributed by atoms with Gasteiger partial charge in [0, 0.05) is 11.3 Å². The highest BCUT2D eigenvalue weighted by Gasteiger charge is 2.36. The number of amides is 2. The molecule has 0 aliphatic carbocycles. The van der Waals surface area contributed by atoms with Crippen molar-refractivity contribution in [1.82, 2.24) is 4.90 Å². The van der Waals surface area contributed by atoms with E-state index in [4.69, 9.17) is 4.74 Å². The second-order valence-corrected chi connectivity index (χ2v) is 9.13. The number of methoxy groups -OCH3 is 1. The van der Waals surface area contributed by atoms with E-state index < -0.39 is 5.25 Å². The second-order valence-electron chi connectivity index (χ2n) is 6.93. The molecule has 0 bridgehead atoms. The fourth-order valence-corrected chi connectivity index (χ4v) is 4.93. The van der Waals surface area contributed by atoms with E-state index in [2.05, 4.69) is 10.3 Å². The van der Waals surface area contributed by atoms with Crippen molar-refractivity contribution < 1.29 is 18.7 Å². The number of ether oxygens (including phenoxy) is 1. The Bertz CT molecular complexity index is 1130. The number of hydrogen-bond donors (Lipinski definition) is 1. The lowest BCUT2D eigenvalue weighted by Gasteiger charge is -2.31. The summed E-state index contributed by atoms with van der Waals surface area (Å²) in [6, 6.07) is 16.6. The van der Waals surface area contributed by atoms with Gasteiger partial charge in [0.25, 0.3) is 0 Å². The van der Waals surface area contributed by atoms with Gasteiger partial charge in [0.05, 0.1) is 25.0 Å². The molecule has 2 amide bonds. The normalized spacial score (nSPS) is 17.4. The molecule has 32 heavy (non-hydrogen) atoms. The summed E-state index contributed by atoms with van der Waals surface area (Å²) >= 11 is 2.76. The first-order chi connectivity index (χ1) is 15.5. The summed E-state index contributed by atoms with van der Waals surface area (Å²) < 4.78 is 18.6. The molecule has 0 saturated carbocycles. The fraction of sp³-hybridized carbons (Fsp3) is 0.174. The maximum Gasteiger partial charge on any atom is 0.238 e. The Morgan fingerprint density at radius 3 is 2.69 bits per heavy atom. The third-order valence-electron chi connectivity index (χ3n) is 4.74. The van der Waals surface area contributed by atoms with Gasteiger partial charge in [0.15, 0.2) is 5.17 Å². The Balaban J connectivity index is 1.59. The summed E-state index contributed by atoms with van der Waals surface area (Å²) in [5.41, 5.74) is 1.04. The summed E-state index contributed by atoms with van der Waals surface area (Å²) in [7, 11) is 1.53. The number of carbonyl (C=O) groups is 2. The van der Waals surface area contributed by atoms with Crippen LogP contribution in [0.15, 0.2) is 71.0 Å². The number of halogens is 1. The molecule has 1 aromatic heterocycles. The number of thioether (sulfide) groups is 1. The van der Waals surface area contributed by atoms with Gasteiger partial charge in [-0.25, -0.2) is 9.38 Å². The predicted octanol–water partition coefficient (Wildman–Crippen LogP) is 5.06. The van der Waals surface area contributed by atoms with Crippen LogP contribution in [0.3, 0.4) is 0 Å². The number of rotatable bonds is 6. The van der Waals surface area contributed by atoms with Gasteiger partial charge < -0.3 is 10.1 Å². The van der Waals surface area contributed by atoms with Gasteiger partial charge in [-0.1, -0.05) is 30.0 Å². The molecule has 0 unspecified atom stereocenters. The van der Waals surface area contributed by atoms with Crippen LogP contribution in [-0.4, -0.2) is 34.2 Å². The number of hydrogen-bond acceptors (Lipinski definition) is 6. The molecule has 1 atom stereocenters. The minimum absolute atomic E-state index is 0.0411. The van der Waals surface area contributed by atoms with Crippen LogP contribution in [0.5, 0.6) is 5.75 Å². The Labute approximate surface area is 193 Å². The van der Waals surface area contributed by atoms with E-state index in [0.717, 1.165) is 4.88 Å². The number of nitrogens with zero attached hydrogens (tertiary/aromatic N) is 2. The molecule has 1 N–H and O–H groups in total. The summed E-state index contributed by atoms with van der Waals surface area (Å²) in [4.78, 5) is 33.2. The molecule has 0 radical (unpaired) electrons. The van der Waals surface area contributed by atoms with Gasteiger partial charge in [-0.15, -0.1) is 11.3 Å². The molecular formula is C23H20FN3O3S2. The Morgan fingerprint density at radius 1 is 1.19 bits per heavy atom. The minimum Gasteiger partial charge on any atom is -0.495 e. The average Bonchev–Trinajstić information content (AvgIpc) is 3.31. The van der Waals surface area contributed by atoms with Gasteiger partial charge in [-0.2, -0.15) is 0 Å². The van der Waals surface area contributed by atoms with Crippen LogP contribution >= 0.6 is 23.1 Å². The molecule has 4 rings (SSSR count). The van der Waals surface area contributed by atoms with Crippen LogP contribution in [0.25, 0.3) is 0 Å². The van der Waals surface area contributed by atoms with E-state index in [-0.39, 0.29) is 24.1 Å². The molecule has 1 fully saturated rings. The van der Waals surface area contributed by atoms with Gasteiger partial charge in [-0.3, -0.25) is 14.5 Å². The number of aliphatic imine (C=N–C) groups is 1. The number of anilines is 1. The van der Waals surface area contributed by atoms with Gasteiger partial charge >= 0.3 is 0 Å². The van der Waals surface area contributed by atoms with E-state index in [1.54, 1.807) is 34.4 Å².